The van der Waals surface area contributed by atoms with Gasteiger partial charge in [-0.1, -0.05) is 43.7 Å². The van der Waals surface area contributed by atoms with Gasteiger partial charge in [0, 0.05) is 24.1 Å². The zero-order chi connectivity index (χ0) is 21.5. The molecule has 1 heterocycles. The molecular formula is C25H27NO4. The Labute approximate surface area is 177 Å². The van der Waals surface area contributed by atoms with E-state index in [-0.39, 0.29) is 18.6 Å². The van der Waals surface area contributed by atoms with Crippen molar-refractivity contribution in [2.75, 3.05) is 0 Å². The predicted molar refractivity (Wildman–Crippen MR) is 116 cm³/mol. The van der Waals surface area contributed by atoms with Crippen molar-refractivity contribution in [3.05, 3.63) is 82.7 Å². The molecule has 0 saturated heterocycles. The molecule has 0 aliphatic heterocycles. The third-order valence-corrected chi connectivity index (χ3v) is 5.04. The Morgan fingerprint density at radius 3 is 2.43 bits per heavy atom. The van der Waals surface area contributed by atoms with Crippen LogP contribution in [0.4, 0.5) is 0 Å². The fourth-order valence-corrected chi connectivity index (χ4v) is 3.48. The number of para-hydroxylation sites is 1. The Balaban J connectivity index is 1.89. The summed E-state index contributed by atoms with van der Waals surface area (Å²) in [4.78, 5) is 15.8. The highest BCUT2D eigenvalue weighted by Crippen LogP contribution is 2.30. The minimum atomic E-state index is -0.880. The van der Waals surface area contributed by atoms with Crippen LogP contribution in [0.5, 0.6) is 17.2 Å². The summed E-state index contributed by atoms with van der Waals surface area (Å²) in [5.74, 6) is 0.778. The number of hydrogen-bond donors (Lipinski definition) is 2. The van der Waals surface area contributed by atoms with Crippen LogP contribution in [0.2, 0.25) is 0 Å². The second-order valence-corrected chi connectivity index (χ2v) is 7.34. The van der Waals surface area contributed by atoms with E-state index in [1.807, 2.05) is 68.4 Å². The summed E-state index contributed by atoms with van der Waals surface area (Å²) in [6, 6.07) is 17.5. The highest BCUT2D eigenvalue weighted by molar-refractivity contribution is 5.67. The number of aromatic nitrogens is 1. The Kier molecular flexibility index (Phi) is 7.07. The van der Waals surface area contributed by atoms with Gasteiger partial charge >= 0.3 is 5.97 Å². The van der Waals surface area contributed by atoms with Crippen LogP contribution >= 0.6 is 0 Å². The van der Waals surface area contributed by atoms with Gasteiger partial charge in [-0.3, -0.25) is 9.78 Å². The standard InChI is InChI=1S/C25H27NO4/c1-3-8-22-25(29)21(13-14-24(27)28)17(2)23(26-22)16-18-9-7-12-20(15-18)30-19-10-5-4-6-11-19/h4-7,9-12,15,29H,3,8,13-14,16H2,1-2H3,(H,27,28). The maximum atomic E-state index is 11.1. The first-order valence-electron chi connectivity index (χ1n) is 10.2. The summed E-state index contributed by atoms with van der Waals surface area (Å²) < 4.78 is 5.93. The number of carboxylic acids is 1. The fraction of sp³-hybridized carbons (Fsp3) is 0.280. The first kappa shape index (κ1) is 21.4. The van der Waals surface area contributed by atoms with E-state index in [9.17, 15) is 9.90 Å². The number of aliphatic carboxylic acids is 1. The summed E-state index contributed by atoms with van der Waals surface area (Å²) in [6.45, 7) is 3.93. The van der Waals surface area contributed by atoms with Gasteiger partial charge in [-0.05, 0) is 55.2 Å². The van der Waals surface area contributed by atoms with E-state index in [0.29, 0.717) is 24.1 Å². The lowest BCUT2D eigenvalue weighted by Crippen LogP contribution is -2.07. The Bertz CT molecular complexity index is 1020. The SMILES string of the molecule is CCCc1nc(Cc2cccc(Oc3ccccc3)c2)c(C)c(CCC(=O)O)c1O. The largest absolute Gasteiger partial charge is 0.506 e. The van der Waals surface area contributed by atoms with Crippen LogP contribution in [0, 0.1) is 6.92 Å². The number of pyridine rings is 1. The first-order valence-corrected chi connectivity index (χ1v) is 10.2. The molecule has 3 rings (SSSR count). The van der Waals surface area contributed by atoms with Crippen LogP contribution in [-0.4, -0.2) is 21.2 Å². The van der Waals surface area contributed by atoms with Gasteiger partial charge in [-0.25, -0.2) is 0 Å². The number of aryl methyl sites for hydroxylation is 1. The van der Waals surface area contributed by atoms with Crippen molar-refractivity contribution in [2.45, 2.75) is 46.0 Å². The third kappa shape index (κ3) is 5.38. The maximum Gasteiger partial charge on any atom is 0.303 e. The van der Waals surface area contributed by atoms with Gasteiger partial charge in [0.15, 0.2) is 0 Å². The number of carboxylic acid groups (broad SMARTS) is 1. The van der Waals surface area contributed by atoms with Gasteiger partial charge in [0.1, 0.15) is 17.2 Å². The van der Waals surface area contributed by atoms with Crippen LogP contribution in [-0.2, 0) is 24.1 Å². The molecule has 0 atom stereocenters. The smallest absolute Gasteiger partial charge is 0.303 e. The summed E-state index contributed by atoms with van der Waals surface area (Å²) >= 11 is 0. The molecule has 5 heteroatoms. The van der Waals surface area contributed by atoms with Crippen molar-refractivity contribution in [3.8, 4) is 17.2 Å². The van der Waals surface area contributed by atoms with E-state index in [1.54, 1.807) is 0 Å². The molecule has 0 unspecified atom stereocenters. The molecule has 0 saturated carbocycles. The number of benzene rings is 2. The summed E-state index contributed by atoms with van der Waals surface area (Å²) in [5, 5.41) is 19.7. The van der Waals surface area contributed by atoms with Crippen molar-refractivity contribution in [1.82, 2.24) is 4.98 Å². The van der Waals surface area contributed by atoms with Crippen LogP contribution in [0.25, 0.3) is 0 Å². The Morgan fingerprint density at radius 2 is 1.73 bits per heavy atom. The molecule has 156 valence electrons. The van der Waals surface area contributed by atoms with Crippen LogP contribution in [0.1, 0.15) is 47.8 Å². The second-order valence-electron chi connectivity index (χ2n) is 7.34. The number of hydrogen-bond acceptors (Lipinski definition) is 4. The fourth-order valence-electron chi connectivity index (χ4n) is 3.48. The molecule has 3 aromatic rings. The number of carbonyl (C=O) groups is 1. The number of rotatable bonds is 9. The zero-order valence-corrected chi connectivity index (χ0v) is 17.4. The number of aromatic hydroxyl groups is 1. The molecule has 30 heavy (non-hydrogen) atoms. The molecule has 2 N–H and O–H groups in total. The van der Waals surface area contributed by atoms with E-state index < -0.39 is 5.97 Å². The lowest BCUT2D eigenvalue weighted by molar-refractivity contribution is -0.136. The van der Waals surface area contributed by atoms with E-state index >= 15 is 0 Å². The Hall–Kier alpha value is -3.34. The highest BCUT2D eigenvalue weighted by Gasteiger charge is 2.17. The maximum absolute atomic E-state index is 11.1. The number of nitrogens with zero attached hydrogens (tertiary/aromatic N) is 1. The lowest BCUT2D eigenvalue weighted by Gasteiger charge is -2.16. The van der Waals surface area contributed by atoms with Crippen molar-refractivity contribution in [3.63, 3.8) is 0 Å². The normalized spacial score (nSPS) is 10.7. The Morgan fingerprint density at radius 1 is 1.00 bits per heavy atom. The van der Waals surface area contributed by atoms with Gasteiger partial charge in [0.2, 0.25) is 0 Å². The molecule has 2 aromatic carbocycles. The first-order chi connectivity index (χ1) is 14.5. The lowest BCUT2D eigenvalue weighted by atomic mass is 9.96. The minimum Gasteiger partial charge on any atom is -0.506 e. The summed E-state index contributed by atoms with van der Waals surface area (Å²) in [7, 11) is 0. The van der Waals surface area contributed by atoms with Gasteiger partial charge in [-0.2, -0.15) is 0 Å². The molecule has 5 nitrogen and oxygen atoms in total. The monoisotopic (exact) mass is 405 g/mol. The van der Waals surface area contributed by atoms with E-state index in [0.717, 1.165) is 34.7 Å². The summed E-state index contributed by atoms with van der Waals surface area (Å²) in [5.41, 5.74) is 4.06. The predicted octanol–water partition coefficient (Wildman–Crippen LogP) is 5.45. The van der Waals surface area contributed by atoms with Gasteiger partial charge < -0.3 is 14.9 Å². The molecule has 0 bridgehead atoms. The second kappa shape index (κ2) is 9.92. The van der Waals surface area contributed by atoms with Crippen molar-refractivity contribution in [1.29, 1.82) is 0 Å². The molecule has 1 aromatic heterocycles. The minimum absolute atomic E-state index is 0.0240. The molecule has 0 radical (unpaired) electrons. The molecule has 0 amide bonds. The molecule has 0 aliphatic rings. The van der Waals surface area contributed by atoms with Crippen molar-refractivity contribution >= 4 is 5.97 Å². The van der Waals surface area contributed by atoms with Gasteiger partial charge in [-0.15, -0.1) is 0 Å². The van der Waals surface area contributed by atoms with E-state index in [4.69, 9.17) is 14.8 Å². The third-order valence-electron chi connectivity index (χ3n) is 5.04. The highest BCUT2D eigenvalue weighted by atomic mass is 16.5. The summed E-state index contributed by atoms with van der Waals surface area (Å²) in [6.07, 6.45) is 2.34. The average Bonchev–Trinajstić information content (AvgIpc) is 2.72. The molecular weight excluding hydrogens is 378 g/mol. The topological polar surface area (TPSA) is 79.7 Å². The quantitative estimate of drug-likeness (QED) is 0.495. The van der Waals surface area contributed by atoms with Gasteiger partial charge in [0.05, 0.1) is 5.69 Å². The van der Waals surface area contributed by atoms with E-state index in [1.165, 1.54) is 0 Å². The average molecular weight is 405 g/mol. The molecule has 0 fully saturated rings. The number of ether oxygens (including phenoxy) is 1. The molecule has 0 aliphatic carbocycles. The van der Waals surface area contributed by atoms with Gasteiger partial charge in [0.25, 0.3) is 0 Å². The van der Waals surface area contributed by atoms with Crippen LogP contribution in [0.3, 0.4) is 0 Å². The van der Waals surface area contributed by atoms with Crippen LogP contribution in [0.15, 0.2) is 54.6 Å². The molecule has 0 spiro atoms. The zero-order valence-electron chi connectivity index (χ0n) is 17.4. The van der Waals surface area contributed by atoms with Crippen LogP contribution < -0.4 is 4.74 Å². The van der Waals surface area contributed by atoms with Crippen molar-refractivity contribution < 1.29 is 19.7 Å². The van der Waals surface area contributed by atoms with Crippen molar-refractivity contribution in [2.24, 2.45) is 0 Å². The van der Waals surface area contributed by atoms with E-state index in [2.05, 4.69) is 0 Å².